The second kappa shape index (κ2) is 5.24. The largest absolute Gasteiger partial charge is 0.398 e. The molecule has 82 valence electrons. The van der Waals surface area contributed by atoms with E-state index in [2.05, 4.69) is 10.6 Å². The van der Waals surface area contributed by atoms with Crippen LogP contribution in [-0.2, 0) is 4.79 Å². The van der Waals surface area contributed by atoms with Crippen LogP contribution in [0.3, 0.4) is 0 Å². The van der Waals surface area contributed by atoms with Crippen LogP contribution in [0.2, 0.25) is 0 Å². The summed E-state index contributed by atoms with van der Waals surface area (Å²) in [5.74, 6) is 0.0315. The number of carbonyl (C=O) groups excluding carboxylic acids is 1. The van der Waals surface area contributed by atoms with E-state index in [-0.39, 0.29) is 5.91 Å². The quantitative estimate of drug-likeness (QED) is 0.648. The molecule has 4 N–H and O–H groups in total. The van der Waals surface area contributed by atoms with Gasteiger partial charge in [0.15, 0.2) is 0 Å². The van der Waals surface area contributed by atoms with Gasteiger partial charge in [-0.2, -0.15) is 0 Å². The molecule has 0 bridgehead atoms. The minimum absolute atomic E-state index is 0.0315. The maximum absolute atomic E-state index is 11.0. The van der Waals surface area contributed by atoms with Crippen LogP contribution in [-0.4, -0.2) is 19.5 Å². The monoisotopic (exact) mass is 207 g/mol. The number of nitrogen functional groups attached to an aromatic ring is 1. The fraction of sp³-hybridized carbons (Fsp3) is 0.364. The third-order valence-corrected chi connectivity index (χ3v) is 2.32. The second-order valence-electron chi connectivity index (χ2n) is 3.37. The Bertz CT molecular complexity index is 350. The highest BCUT2D eigenvalue weighted by Crippen LogP contribution is 2.20. The van der Waals surface area contributed by atoms with Gasteiger partial charge in [-0.3, -0.25) is 4.79 Å². The fourth-order valence-electron chi connectivity index (χ4n) is 1.28. The van der Waals surface area contributed by atoms with E-state index in [1.807, 2.05) is 25.1 Å². The van der Waals surface area contributed by atoms with Crippen LogP contribution in [0.4, 0.5) is 11.4 Å². The van der Waals surface area contributed by atoms with E-state index in [1.165, 1.54) is 0 Å². The van der Waals surface area contributed by atoms with Gasteiger partial charge in [-0.25, -0.2) is 0 Å². The van der Waals surface area contributed by atoms with Gasteiger partial charge in [-0.1, -0.05) is 6.07 Å². The number of amides is 1. The molecule has 4 nitrogen and oxygen atoms in total. The van der Waals surface area contributed by atoms with Crippen molar-refractivity contribution in [2.45, 2.75) is 13.3 Å². The summed E-state index contributed by atoms with van der Waals surface area (Å²) in [5.41, 5.74) is 8.53. The number of benzene rings is 1. The molecule has 1 amide bonds. The lowest BCUT2D eigenvalue weighted by atomic mass is 10.1. The van der Waals surface area contributed by atoms with E-state index in [4.69, 9.17) is 5.73 Å². The summed E-state index contributed by atoms with van der Waals surface area (Å²) in [6, 6.07) is 5.71. The van der Waals surface area contributed by atoms with Gasteiger partial charge in [0, 0.05) is 31.4 Å². The Morgan fingerprint density at radius 3 is 2.87 bits per heavy atom. The molecule has 0 saturated carbocycles. The highest BCUT2D eigenvalue weighted by Gasteiger charge is 2.01. The Kier molecular flexibility index (Phi) is 3.97. The molecule has 0 aliphatic rings. The molecule has 0 radical (unpaired) electrons. The summed E-state index contributed by atoms with van der Waals surface area (Å²) >= 11 is 0. The van der Waals surface area contributed by atoms with Gasteiger partial charge in [-0.15, -0.1) is 0 Å². The Balaban J connectivity index is 2.51. The molecule has 1 aromatic carbocycles. The van der Waals surface area contributed by atoms with Crippen LogP contribution >= 0.6 is 0 Å². The molecule has 0 unspecified atom stereocenters. The van der Waals surface area contributed by atoms with E-state index in [0.717, 1.165) is 16.9 Å². The van der Waals surface area contributed by atoms with Crippen molar-refractivity contribution >= 4 is 17.3 Å². The van der Waals surface area contributed by atoms with Gasteiger partial charge < -0.3 is 16.4 Å². The first kappa shape index (κ1) is 11.4. The lowest BCUT2D eigenvalue weighted by molar-refractivity contribution is -0.120. The van der Waals surface area contributed by atoms with E-state index in [1.54, 1.807) is 7.05 Å². The Morgan fingerprint density at radius 1 is 1.47 bits per heavy atom. The van der Waals surface area contributed by atoms with Gasteiger partial charge >= 0.3 is 0 Å². The Labute approximate surface area is 89.9 Å². The van der Waals surface area contributed by atoms with Gasteiger partial charge in [0.05, 0.1) is 0 Å². The minimum atomic E-state index is 0.0315. The topological polar surface area (TPSA) is 67.2 Å². The lowest BCUT2D eigenvalue weighted by Crippen LogP contribution is -2.21. The van der Waals surface area contributed by atoms with E-state index < -0.39 is 0 Å². The van der Waals surface area contributed by atoms with Crippen LogP contribution in [0, 0.1) is 6.92 Å². The normalized spacial score (nSPS) is 9.73. The number of nitrogens with two attached hydrogens (primary N) is 1. The van der Waals surface area contributed by atoms with Crippen molar-refractivity contribution in [3.63, 3.8) is 0 Å². The zero-order valence-corrected chi connectivity index (χ0v) is 9.13. The Morgan fingerprint density at radius 2 is 2.20 bits per heavy atom. The van der Waals surface area contributed by atoms with Gasteiger partial charge in [0.2, 0.25) is 5.91 Å². The summed E-state index contributed by atoms with van der Waals surface area (Å²) in [6.07, 6.45) is 0.463. The fourth-order valence-corrected chi connectivity index (χ4v) is 1.28. The average Bonchev–Trinajstić information content (AvgIpc) is 2.24. The number of carbonyl (C=O) groups is 1. The zero-order valence-electron chi connectivity index (χ0n) is 9.13. The van der Waals surface area contributed by atoms with Crippen LogP contribution in [0.25, 0.3) is 0 Å². The van der Waals surface area contributed by atoms with Crippen LogP contribution in [0.15, 0.2) is 18.2 Å². The molecule has 1 rings (SSSR count). The molecule has 0 atom stereocenters. The first-order chi connectivity index (χ1) is 7.15. The summed E-state index contributed by atoms with van der Waals surface area (Å²) in [5, 5.41) is 5.75. The standard InChI is InChI=1S/C11H17N3O/c1-8-9(12)4-3-5-10(8)14-7-6-11(15)13-2/h3-5,14H,6-7,12H2,1-2H3,(H,13,15). The molecule has 0 aromatic heterocycles. The molecule has 0 spiro atoms. The SMILES string of the molecule is CNC(=O)CCNc1cccc(N)c1C. The molecule has 0 aliphatic heterocycles. The predicted octanol–water partition coefficient (Wildman–Crippen LogP) is 1.13. The van der Waals surface area contributed by atoms with Crippen molar-refractivity contribution in [1.29, 1.82) is 0 Å². The first-order valence-electron chi connectivity index (χ1n) is 4.94. The van der Waals surface area contributed by atoms with Gasteiger partial charge in [0.1, 0.15) is 0 Å². The van der Waals surface area contributed by atoms with Gasteiger partial charge in [0.25, 0.3) is 0 Å². The molecule has 4 heteroatoms. The summed E-state index contributed by atoms with van der Waals surface area (Å²) in [4.78, 5) is 11.0. The van der Waals surface area contributed by atoms with Crippen LogP contribution < -0.4 is 16.4 Å². The smallest absolute Gasteiger partial charge is 0.221 e. The number of hydrogen-bond acceptors (Lipinski definition) is 3. The molecular formula is C11H17N3O. The molecule has 0 heterocycles. The maximum atomic E-state index is 11.0. The number of anilines is 2. The molecule has 15 heavy (non-hydrogen) atoms. The third-order valence-electron chi connectivity index (χ3n) is 2.32. The summed E-state index contributed by atoms with van der Waals surface area (Å²) in [6.45, 7) is 2.57. The van der Waals surface area contributed by atoms with E-state index in [9.17, 15) is 4.79 Å². The highest BCUT2D eigenvalue weighted by atomic mass is 16.1. The number of hydrogen-bond donors (Lipinski definition) is 3. The Hall–Kier alpha value is -1.71. The van der Waals surface area contributed by atoms with Gasteiger partial charge in [-0.05, 0) is 24.6 Å². The molecule has 0 saturated heterocycles. The highest BCUT2D eigenvalue weighted by molar-refractivity contribution is 5.76. The maximum Gasteiger partial charge on any atom is 0.221 e. The van der Waals surface area contributed by atoms with Crippen molar-refractivity contribution in [3.8, 4) is 0 Å². The lowest BCUT2D eigenvalue weighted by Gasteiger charge is -2.10. The predicted molar refractivity (Wildman–Crippen MR) is 62.8 cm³/mol. The zero-order chi connectivity index (χ0) is 11.3. The van der Waals surface area contributed by atoms with E-state index in [0.29, 0.717) is 13.0 Å². The van der Waals surface area contributed by atoms with Crippen molar-refractivity contribution in [3.05, 3.63) is 23.8 Å². The summed E-state index contributed by atoms with van der Waals surface area (Å²) < 4.78 is 0. The minimum Gasteiger partial charge on any atom is -0.398 e. The second-order valence-corrected chi connectivity index (χ2v) is 3.37. The van der Waals surface area contributed by atoms with Crippen molar-refractivity contribution in [1.82, 2.24) is 5.32 Å². The average molecular weight is 207 g/mol. The van der Waals surface area contributed by atoms with Crippen molar-refractivity contribution < 1.29 is 4.79 Å². The van der Waals surface area contributed by atoms with Crippen LogP contribution in [0.1, 0.15) is 12.0 Å². The third kappa shape index (κ3) is 3.16. The molecule has 0 aliphatic carbocycles. The van der Waals surface area contributed by atoms with Crippen molar-refractivity contribution in [2.24, 2.45) is 0 Å². The number of rotatable bonds is 4. The van der Waals surface area contributed by atoms with Crippen LogP contribution in [0.5, 0.6) is 0 Å². The number of nitrogens with one attached hydrogen (secondary N) is 2. The molecule has 0 fully saturated rings. The first-order valence-corrected chi connectivity index (χ1v) is 4.94. The van der Waals surface area contributed by atoms with Crippen molar-refractivity contribution in [2.75, 3.05) is 24.6 Å². The summed E-state index contributed by atoms with van der Waals surface area (Å²) in [7, 11) is 1.63. The van der Waals surface area contributed by atoms with E-state index >= 15 is 0 Å². The molecular weight excluding hydrogens is 190 g/mol. The molecule has 1 aromatic rings.